The Morgan fingerprint density at radius 1 is 0.943 bits per heavy atom. The van der Waals surface area contributed by atoms with Crippen LogP contribution in [0.5, 0.6) is 17.2 Å². The lowest BCUT2D eigenvalue weighted by molar-refractivity contribution is -0.126. The number of hydrazone groups is 1. The summed E-state index contributed by atoms with van der Waals surface area (Å²) in [6.45, 7) is 0.364. The third-order valence-corrected chi connectivity index (χ3v) is 5.77. The molecule has 0 aliphatic rings. The van der Waals surface area contributed by atoms with E-state index in [4.69, 9.17) is 14.2 Å². The monoisotopic (exact) mass is 603 g/mol. The summed E-state index contributed by atoms with van der Waals surface area (Å²) in [4.78, 5) is 24.3. The number of ether oxygens (including phenoxy) is 3. The smallest absolute Gasteiger partial charge is 0.249 e. The second kappa shape index (κ2) is 12.9. The van der Waals surface area contributed by atoms with Crippen LogP contribution in [-0.4, -0.2) is 32.2 Å². The maximum atomic E-state index is 12.2. The molecule has 3 aromatic carbocycles. The number of hydrogen-bond acceptors (Lipinski definition) is 6. The van der Waals surface area contributed by atoms with Gasteiger partial charge in [0.15, 0.2) is 11.5 Å². The molecule has 0 aromatic heterocycles. The number of anilines is 1. The highest BCUT2D eigenvalue weighted by Gasteiger charge is 2.13. The molecule has 182 valence electrons. The van der Waals surface area contributed by atoms with Crippen molar-refractivity contribution in [1.82, 2.24) is 5.43 Å². The Labute approximate surface area is 219 Å². The van der Waals surface area contributed by atoms with E-state index in [-0.39, 0.29) is 0 Å². The number of nitrogens with zero attached hydrogens (tertiary/aromatic N) is 1. The van der Waals surface area contributed by atoms with Gasteiger partial charge in [-0.1, -0.05) is 40.2 Å². The molecule has 3 rings (SSSR count). The van der Waals surface area contributed by atoms with Crippen molar-refractivity contribution in [1.29, 1.82) is 0 Å². The highest BCUT2D eigenvalue weighted by Crippen LogP contribution is 2.37. The first-order chi connectivity index (χ1) is 16.9. The van der Waals surface area contributed by atoms with Crippen LogP contribution in [0.1, 0.15) is 17.5 Å². The maximum absolute atomic E-state index is 12.2. The molecule has 0 aliphatic carbocycles. The summed E-state index contributed by atoms with van der Waals surface area (Å²) in [6, 6.07) is 18.3. The summed E-state index contributed by atoms with van der Waals surface area (Å²) in [5.41, 5.74) is 4.49. The highest BCUT2D eigenvalue weighted by atomic mass is 79.9. The summed E-state index contributed by atoms with van der Waals surface area (Å²) < 4.78 is 18.2. The van der Waals surface area contributed by atoms with Gasteiger partial charge in [-0.3, -0.25) is 9.59 Å². The zero-order chi connectivity index (χ0) is 25.2. The number of carbonyl (C=O) groups is 2. The Bertz CT molecular complexity index is 1220. The van der Waals surface area contributed by atoms with Crippen molar-refractivity contribution in [3.63, 3.8) is 0 Å². The van der Waals surface area contributed by atoms with Crippen LogP contribution < -0.4 is 25.0 Å². The Balaban J connectivity index is 1.57. The fourth-order valence-electron chi connectivity index (χ4n) is 3.00. The van der Waals surface area contributed by atoms with Crippen LogP contribution in [0.3, 0.4) is 0 Å². The minimum Gasteiger partial charge on any atom is -0.495 e. The van der Waals surface area contributed by atoms with E-state index in [0.717, 1.165) is 10.0 Å². The Morgan fingerprint density at radius 3 is 2.37 bits per heavy atom. The van der Waals surface area contributed by atoms with Gasteiger partial charge in [-0.25, -0.2) is 5.43 Å². The number of halogens is 2. The molecule has 0 saturated heterocycles. The number of benzene rings is 3. The summed E-state index contributed by atoms with van der Waals surface area (Å²) in [5.74, 6) is 0.501. The van der Waals surface area contributed by atoms with Crippen molar-refractivity contribution in [3.05, 3.63) is 80.7 Å². The van der Waals surface area contributed by atoms with Crippen molar-refractivity contribution in [3.8, 4) is 17.2 Å². The van der Waals surface area contributed by atoms with E-state index < -0.39 is 18.2 Å². The lowest BCUT2D eigenvalue weighted by Gasteiger charge is -2.13. The van der Waals surface area contributed by atoms with Crippen molar-refractivity contribution in [2.45, 2.75) is 13.0 Å². The predicted molar refractivity (Wildman–Crippen MR) is 141 cm³/mol. The van der Waals surface area contributed by atoms with Crippen LogP contribution in [-0.2, 0) is 16.2 Å². The topological polar surface area (TPSA) is 98.2 Å². The quantitative estimate of drug-likeness (QED) is 0.186. The molecule has 0 atom stereocenters. The number of hydrogen-bond donors (Lipinski definition) is 2. The zero-order valence-electron chi connectivity index (χ0n) is 19.0. The second-order valence-corrected chi connectivity index (χ2v) is 8.94. The van der Waals surface area contributed by atoms with Gasteiger partial charge in [0.1, 0.15) is 18.8 Å². The van der Waals surface area contributed by atoms with E-state index in [2.05, 4.69) is 47.7 Å². The van der Waals surface area contributed by atoms with E-state index in [1.807, 2.05) is 24.3 Å². The molecule has 0 spiro atoms. The SMILES string of the molecule is COc1ccccc1NC(=O)CC(=O)NN=Cc1cc(Br)c(OCc2ccc(Br)cc2)c(OC)c1. The highest BCUT2D eigenvalue weighted by molar-refractivity contribution is 9.10. The first kappa shape index (κ1) is 26.2. The van der Waals surface area contributed by atoms with Gasteiger partial charge in [-0.05, 0) is 63.5 Å². The molecule has 2 amide bonds. The molecule has 3 aromatic rings. The van der Waals surface area contributed by atoms with Gasteiger partial charge in [0.05, 0.1) is 30.6 Å². The van der Waals surface area contributed by atoms with Gasteiger partial charge >= 0.3 is 0 Å². The first-order valence-corrected chi connectivity index (χ1v) is 12.0. The van der Waals surface area contributed by atoms with E-state index in [1.54, 1.807) is 36.4 Å². The standard InChI is InChI=1S/C25H23Br2N3O5/c1-33-21-6-4-3-5-20(21)29-23(31)13-24(32)30-28-14-17-11-19(27)25(22(12-17)34-2)35-15-16-7-9-18(26)10-8-16/h3-12,14H,13,15H2,1-2H3,(H,29,31)(H,30,32). The van der Waals surface area contributed by atoms with Crippen molar-refractivity contribution < 1.29 is 23.8 Å². The van der Waals surface area contributed by atoms with Crippen LogP contribution in [0.2, 0.25) is 0 Å². The average molecular weight is 605 g/mol. The van der Waals surface area contributed by atoms with Gasteiger partial charge in [0.25, 0.3) is 0 Å². The van der Waals surface area contributed by atoms with Gasteiger partial charge in [-0.2, -0.15) is 5.10 Å². The maximum Gasteiger partial charge on any atom is 0.249 e. The van der Waals surface area contributed by atoms with Gasteiger partial charge < -0.3 is 19.5 Å². The molecule has 35 heavy (non-hydrogen) atoms. The molecule has 0 fully saturated rings. The lowest BCUT2D eigenvalue weighted by Crippen LogP contribution is -2.24. The van der Waals surface area contributed by atoms with Crippen LogP contribution in [0.25, 0.3) is 0 Å². The van der Waals surface area contributed by atoms with Crippen molar-refractivity contribution >= 4 is 55.6 Å². The molecule has 0 radical (unpaired) electrons. The van der Waals surface area contributed by atoms with E-state index in [0.29, 0.717) is 39.6 Å². The minimum atomic E-state index is -0.561. The molecule has 2 N–H and O–H groups in total. The summed E-state index contributed by atoms with van der Waals surface area (Å²) >= 11 is 6.91. The normalized spacial score (nSPS) is 10.6. The number of rotatable bonds is 10. The Hall–Kier alpha value is -3.37. The van der Waals surface area contributed by atoms with Gasteiger partial charge in [0, 0.05) is 4.47 Å². The summed E-state index contributed by atoms with van der Waals surface area (Å²) in [7, 11) is 3.04. The van der Waals surface area contributed by atoms with E-state index >= 15 is 0 Å². The molecule has 10 heteroatoms. The van der Waals surface area contributed by atoms with Gasteiger partial charge in [0.2, 0.25) is 11.8 Å². The first-order valence-electron chi connectivity index (χ1n) is 10.4. The Kier molecular flexibility index (Phi) is 9.68. The molecular formula is C25H23Br2N3O5. The number of carbonyl (C=O) groups excluding carboxylic acids is 2. The number of amides is 2. The molecule has 0 unspecified atom stereocenters. The second-order valence-electron chi connectivity index (χ2n) is 7.17. The van der Waals surface area contributed by atoms with Crippen molar-refractivity contribution in [2.24, 2.45) is 5.10 Å². The average Bonchev–Trinajstić information content (AvgIpc) is 2.84. The molecule has 0 bridgehead atoms. The van der Waals surface area contributed by atoms with Crippen LogP contribution in [0, 0.1) is 0 Å². The number of nitrogens with one attached hydrogen (secondary N) is 2. The summed E-state index contributed by atoms with van der Waals surface area (Å²) in [6.07, 6.45) is 1.05. The molecule has 0 heterocycles. The molecule has 8 nitrogen and oxygen atoms in total. The van der Waals surface area contributed by atoms with Crippen LogP contribution >= 0.6 is 31.9 Å². The Morgan fingerprint density at radius 2 is 1.66 bits per heavy atom. The minimum absolute atomic E-state index is 0.364. The number of methoxy groups -OCH3 is 2. The van der Waals surface area contributed by atoms with Crippen molar-refractivity contribution in [2.75, 3.05) is 19.5 Å². The fraction of sp³-hybridized carbons (Fsp3) is 0.160. The zero-order valence-corrected chi connectivity index (χ0v) is 22.2. The van der Waals surface area contributed by atoms with E-state index in [1.165, 1.54) is 20.4 Å². The molecule has 0 saturated carbocycles. The molecular weight excluding hydrogens is 582 g/mol. The molecule has 0 aliphatic heterocycles. The largest absolute Gasteiger partial charge is 0.495 e. The third-order valence-electron chi connectivity index (χ3n) is 4.65. The summed E-state index contributed by atoms with van der Waals surface area (Å²) in [5, 5.41) is 6.57. The third kappa shape index (κ3) is 7.83. The van der Waals surface area contributed by atoms with Crippen LogP contribution in [0.15, 0.2) is 74.7 Å². The predicted octanol–water partition coefficient (Wildman–Crippen LogP) is 5.29. The van der Waals surface area contributed by atoms with Gasteiger partial charge in [-0.15, -0.1) is 0 Å². The van der Waals surface area contributed by atoms with E-state index in [9.17, 15) is 9.59 Å². The fourth-order valence-corrected chi connectivity index (χ4v) is 3.84. The number of para-hydroxylation sites is 2. The van der Waals surface area contributed by atoms with Crippen LogP contribution in [0.4, 0.5) is 5.69 Å². The lowest BCUT2D eigenvalue weighted by atomic mass is 10.2.